The van der Waals surface area contributed by atoms with Crippen molar-refractivity contribution in [1.29, 1.82) is 0 Å². The minimum absolute atomic E-state index is 0.324. The third kappa shape index (κ3) is 2.90. The van der Waals surface area contributed by atoms with Crippen LogP contribution in [0.15, 0.2) is 4.52 Å². The zero-order valence-corrected chi connectivity index (χ0v) is 11.5. The molecule has 18 heavy (non-hydrogen) atoms. The normalized spacial score (nSPS) is 19.3. The number of nitrogens with two attached hydrogens (primary N) is 1. The molecule has 0 spiro atoms. The van der Waals surface area contributed by atoms with Gasteiger partial charge in [0.15, 0.2) is 0 Å². The Balaban J connectivity index is 2.17. The van der Waals surface area contributed by atoms with Crippen molar-refractivity contribution in [3.05, 3.63) is 11.7 Å². The summed E-state index contributed by atoms with van der Waals surface area (Å²) >= 11 is 0. The van der Waals surface area contributed by atoms with Gasteiger partial charge < -0.3 is 15.0 Å². The fourth-order valence-corrected chi connectivity index (χ4v) is 2.56. The van der Waals surface area contributed by atoms with E-state index in [4.69, 9.17) is 15.0 Å². The maximum Gasteiger partial charge on any atom is 0.228 e. The van der Waals surface area contributed by atoms with Crippen LogP contribution in [0.2, 0.25) is 0 Å². The van der Waals surface area contributed by atoms with Crippen molar-refractivity contribution < 1.29 is 9.26 Å². The largest absolute Gasteiger partial charge is 0.367 e. The van der Waals surface area contributed by atoms with Crippen LogP contribution < -0.4 is 5.73 Å². The van der Waals surface area contributed by atoms with E-state index >= 15 is 0 Å². The second-order valence-electron chi connectivity index (χ2n) is 5.81. The van der Waals surface area contributed by atoms with Gasteiger partial charge in [-0.2, -0.15) is 4.98 Å². The summed E-state index contributed by atoms with van der Waals surface area (Å²) in [6.07, 6.45) is 4.86. The van der Waals surface area contributed by atoms with Crippen LogP contribution >= 0.6 is 0 Å². The zero-order chi connectivity index (χ0) is 13.2. The maximum atomic E-state index is 5.96. The Morgan fingerprint density at radius 3 is 2.61 bits per heavy atom. The first-order chi connectivity index (χ1) is 8.45. The lowest BCUT2D eigenvalue weighted by Gasteiger charge is -2.24. The Hall–Kier alpha value is -0.940. The first-order valence-corrected chi connectivity index (χ1v) is 6.71. The van der Waals surface area contributed by atoms with E-state index in [9.17, 15) is 0 Å². The van der Waals surface area contributed by atoms with Crippen molar-refractivity contribution in [3.8, 4) is 0 Å². The van der Waals surface area contributed by atoms with Crippen molar-refractivity contribution in [2.75, 3.05) is 6.61 Å². The molecule has 2 N–H and O–H groups in total. The molecule has 0 amide bonds. The molecule has 2 rings (SSSR count). The molecule has 0 radical (unpaired) electrons. The lowest BCUT2D eigenvalue weighted by Crippen LogP contribution is -2.34. The highest BCUT2D eigenvalue weighted by Gasteiger charge is 2.41. The maximum absolute atomic E-state index is 5.96. The summed E-state index contributed by atoms with van der Waals surface area (Å²) in [5, 5.41) is 4.11. The van der Waals surface area contributed by atoms with Crippen LogP contribution in [-0.2, 0) is 16.8 Å². The average molecular weight is 253 g/mol. The van der Waals surface area contributed by atoms with Gasteiger partial charge in [0.05, 0.1) is 0 Å². The number of hydrogen-bond acceptors (Lipinski definition) is 5. The standard InChI is InChI=1S/C13H23N3O2/c1-4-17-13(7-5-6-8-13)11-15-10(18-16-11)9-12(2,3)14/h4-9,14H2,1-3H3. The van der Waals surface area contributed by atoms with E-state index in [0.717, 1.165) is 25.7 Å². The summed E-state index contributed by atoms with van der Waals surface area (Å²) in [6.45, 7) is 6.58. The summed E-state index contributed by atoms with van der Waals surface area (Å²) in [6, 6.07) is 0. The molecule has 0 atom stereocenters. The molecule has 5 nitrogen and oxygen atoms in total. The number of aromatic nitrogens is 2. The van der Waals surface area contributed by atoms with Crippen LogP contribution in [0.3, 0.4) is 0 Å². The molecule has 0 bridgehead atoms. The second kappa shape index (κ2) is 4.97. The molecule has 1 saturated carbocycles. The molecule has 0 aliphatic heterocycles. The van der Waals surface area contributed by atoms with Gasteiger partial charge in [0.1, 0.15) is 5.60 Å². The van der Waals surface area contributed by atoms with Crippen LogP contribution in [0, 0.1) is 0 Å². The third-order valence-corrected chi connectivity index (χ3v) is 3.31. The molecular weight excluding hydrogens is 230 g/mol. The van der Waals surface area contributed by atoms with Gasteiger partial charge in [0.2, 0.25) is 11.7 Å². The molecule has 1 aromatic rings. The Kier molecular flexibility index (Phi) is 3.73. The van der Waals surface area contributed by atoms with Gasteiger partial charge in [-0.3, -0.25) is 0 Å². The number of nitrogens with zero attached hydrogens (tertiary/aromatic N) is 2. The molecule has 1 aliphatic rings. The Morgan fingerprint density at radius 2 is 2.06 bits per heavy atom. The quantitative estimate of drug-likeness (QED) is 0.870. The monoisotopic (exact) mass is 253 g/mol. The molecule has 1 aromatic heterocycles. The van der Waals surface area contributed by atoms with E-state index in [0.29, 0.717) is 24.7 Å². The van der Waals surface area contributed by atoms with Crippen molar-refractivity contribution in [2.45, 2.75) is 64.0 Å². The topological polar surface area (TPSA) is 74.2 Å². The van der Waals surface area contributed by atoms with Crippen LogP contribution in [0.5, 0.6) is 0 Å². The SMILES string of the molecule is CCOC1(c2noc(CC(C)(C)N)n2)CCCC1. The molecule has 1 fully saturated rings. The zero-order valence-electron chi connectivity index (χ0n) is 11.5. The Labute approximate surface area is 108 Å². The minimum Gasteiger partial charge on any atom is -0.367 e. The second-order valence-corrected chi connectivity index (χ2v) is 5.81. The summed E-state index contributed by atoms with van der Waals surface area (Å²) in [5.74, 6) is 1.30. The highest BCUT2D eigenvalue weighted by molar-refractivity contribution is 5.05. The summed E-state index contributed by atoms with van der Waals surface area (Å²) in [5.41, 5.74) is 5.30. The van der Waals surface area contributed by atoms with Gasteiger partial charge in [0, 0.05) is 18.6 Å². The molecule has 0 aromatic carbocycles. The van der Waals surface area contributed by atoms with Crippen LogP contribution in [0.1, 0.15) is 58.2 Å². The number of hydrogen-bond donors (Lipinski definition) is 1. The van der Waals surface area contributed by atoms with E-state index < -0.39 is 0 Å². The highest BCUT2D eigenvalue weighted by Crippen LogP contribution is 2.40. The average Bonchev–Trinajstić information content (AvgIpc) is 2.85. The third-order valence-electron chi connectivity index (χ3n) is 3.31. The van der Waals surface area contributed by atoms with Crippen molar-refractivity contribution in [3.63, 3.8) is 0 Å². The highest BCUT2D eigenvalue weighted by atomic mass is 16.5. The smallest absolute Gasteiger partial charge is 0.228 e. The van der Waals surface area contributed by atoms with Gasteiger partial charge in [-0.1, -0.05) is 5.16 Å². The van der Waals surface area contributed by atoms with E-state index in [-0.39, 0.29) is 11.1 Å². The molecule has 0 saturated heterocycles. The Bertz CT molecular complexity index is 389. The predicted octanol–water partition coefficient (Wildman–Crippen LogP) is 2.16. The fourth-order valence-electron chi connectivity index (χ4n) is 2.56. The molecular formula is C13H23N3O2. The lowest BCUT2D eigenvalue weighted by molar-refractivity contribution is -0.0469. The van der Waals surface area contributed by atoms with Crippen molar-refractivity contribution in [1.82, 2.24) is 10.1 Å². The first-order valence-electron chi connectivity index (χ1n) is 6.71. The summed E-state index contributed by atoms with van der Waals surface area (Å²) in [7, 11) is 0. The van der Waals surface area contributed by atoms with E-state index in [1.54, 1.807) is 0 Å². The van der Waals surface area contributed by atoms with Crippen molar-refractivity contribution in [2.24, 2.45) is 5.73 Å². The lowest BCUT2D eigenvalue weighted by atomic mass is 10.0. The summed E-state index contributed by atoms with van der Waals surface area (Å²) < 4.78 is 11.2. The van der Waals surface area contributed by atoms with Gasteiger partial charge in [-0.05, 0) is 46.5 Å². The molecule has 102 valence electrons. The van der Waals surface area contributed by atoms with Gasteiger partial charge in [0.25, 0.3) is 0 Å². The Morgan fingerprint density at radius 1 is 1.39 bits per heavy atom. The molecule has 1 aliphatic carbocycles. The summed E-state index contributed by atoms with van der Waals surface area (Å²) in [4.78, 5) is 4.49. The van der Waals surface area contributed by atoms with Crippen LogP contribution in [0.4, 0.5) is 0 Å². The number of ether oxygens (including phenoxy) is 1. The van der Waals surface area contributed by atoms with Gasteiger partial charge in [-0.15, -0.1) is 0 Å². The predicted molar refractivity (Wildman–Crippen MR) is 68.0 cm³/mol. The molecule has 5 heteroatoms. The minimum atomic E-state index is -0.335. The fraction of sp³-hybridized carbons (Fsp3) is 0.846. The van der Waals surface area contributed by atoms with Crippen molar-refractivity contribution >= 4 is 0 Å². The number of rotatable bonds is 5. The van der Waals surface area contributed by atoms with E-state index in [2.05, 4.69) is 10.1 Å². The van der Waals surface area contributed by atoms with Crippen LogP contribution in [0.25, 0.3) is 0 Å². The molecule has 0 unspecified atom stereocenters. The van der Waals surface area contributed by atoms with E-state index in [1.165, 1.54) is 0 Å². The van der Waals surface area contributed by atoms with Crippen LogP contribution in [-0.4, -0.2) is 22.3 Å². The molecule has 1 heterocycles. The van der Waals surface area contributed by atoms with Gasteiger partial charge >= 0.3 is 0 Å². The van der Waals surface area contributed by atoms with E-state index in [1.807, 2.05) is 20.8 Å². The first kappa shape index (κ1) is 13.5. The van der Waals surface area contributed by atoms with Gasteiger partial charge in [-0.25, -0.2) is 0 Å².